The monoisotopic (exact) mass is 367 g/mol. The largest absolute Gasteiger partial charge is 0.493 e. The Morgan fingerprint density at radius 3 is 2.48 bits per heavy atom. The Morgan fingerprint density at radius 2 is 1.88 bits per heavy atom. The van der Waals surface area contributed by atoms with E-state index in [9.17, 15) is 26.7 Å². The summed E-state index contributed by atoms with van der Waals surface area (Å²) in [5.74, 6) is -2.68. The number of benzene rings is 1. The smallest absolute Gasteiger partial charge is 0.393 e. The Kier molecular flexibility index (Phi) is 6.07. The maximum Gasteiger partial charge on any atom is 0.393 e. The first-order chi connectivity index (χ1) is 11.7. The molecule has 0 heterocycles. The highest BCUT2D eigenvalue weighted by molar-refractivity contribution is 5.95. The van der Waals surface area contributed by atoms with Crippen LogP contribution in [0.3, 0.4) is 0 Å². The number of carbonyl (C=O) groups is 1. The first-order valence-electron chi connectivity index (χ1n) is 7.72. The molecule has 2 rings (SSSR count). The summed E-state index contributed by atoms with van der Waals surface area (Å²) in [5.41, 5.74) is 0.00460. The summed E-state index contributed by atoms with van der Waals surface area (Å²) in [6.45, 7) is -3.07. The molecule has 1 saturated carbocycles. The highest BCUT2D eigenvalue weighted by atomic mass is 19.4. The Morgan fingerprint density at radius 1 is 1.20 bits per heavy atom. The number of hydrogen-bond donors (Lipinski definition) is 1. The minimum Gasteiger partial charge on any atom is -0.493 e. The van der Waals surface area contributed by atoms with E-state index in [1.165, 1.54) is 13.2 Å². The highest BCUT2D eigenvalue weighted by Crippen LogP contribution is 2.38. The van der Waals surface area contributed by atoms with Crippen molar-refractivity contribution in [1.29, 1.82) is 0 Å². The molecule has 9 heteroatoms. The molecule has 25 heavy (non-hydrogen) atoms. The zero-order chi connectivity index (χ0) is 18.6. The molecule has 1 aromatic rings. The molecule has 0 spiro atoms. The van der Waals surface area contributed by atoms with Gasteiger partial charge in [-0.05, 0) is 31.0 Å². The van der Waals surface area contributed by atoms with Crippen LogP contribution in [-0.2, 0) is 0 Å². The summed E-state index contributed by atoms with van der Waals surface area (Å²) in [6, 6.07) is 2.45. The van der Waals surface area contributed by atoms with Gasteiger partial charge in [-0.25, -0.2) is 0 Å². The predicted molar refractivity (Wildman–Crippen MR) is 78.9 cm³/mol. The number of amides is 1. The lowest BCUT2D eigenvalue weighted by Gasteiger charge is -2.33. The number of methoxy groups -OCH3 is 1. The van der Waals surface area contributed by atoms with Crippen LogP contribution >= 0.6 is 0 Å². The van der Waals surface area contributed by atoms with Crippen molar-refractivity contribution in [3.05, 3.63) is 23.8 Å². The summed E-state index contributed by atoms with van der Waals surface area (Å²) >= 11 is 0. The van der Waals surface area contributed by atoms with Crippen molar-refractivity contribution in [2.75, 3.05) is 7.11 Å². The summed E-state index contributed by atoms with van der Waals surface area (Å²) in [4.78, 5) is 12.3. The van der Waals surface area contributed by atoms with Crippen molar-refractivity contribution in [3.63, 3.8) is 0 Å². The zero-order valence-corrected chi connectivity index (χ0v) is 13.4. The molecule has 0 radical (unpaired) electrons. The van der Waals surface area contributed by atoms with E-state index < -0.39 is 30.7 Å². The number of ether oxygens (including phenoxy) is 2. The Labute approximate surface area is 141 Å². The molecule has 0 unspecified atom stereocenters. The van der Waals surface area contributed by atoms with Crippen LogP contribution in [-0.4, -0.2) is 31.8 Å². The van der Waals surface area contributed by atoms with E-state index in [0.717, 1.165) is 12.1 Å². The fourth-order valence-corrected chi connectivity index (χ4v) is 2.95. The first-order valence-corrected chi connectivity index (χ1v) is 7.72. The van der Waals surface area contributed by atoms with Gasteiger partial charge in [0.2, 0.25) is 0 Å². The van der Waals surface area contributed by atoms with Crippen molar-refractivity contribution in [2.24, 2.45) is 5.92 Å². The van der Waals surface area contributed by atoms with Crippen LogP contribution in [0.25, 0.3) is 0 Å². The van der Waals surface area contributed by atoms with Gasteiger partial charge in [0.15, 0.2) is 11.5 Å². The maximum absolute atomic E-state index is 13.1. The lowest BCUT2D eigenvalue weighted by molar-refractivity contribution is -0.187. The summed E-state index contributed by atoms with van der Waals surface area (Å²) < 4.78 is 73.0. The Balaban J connectivity index is 2.14. The quantitative estimate of drug-likeness (QED) is 0.796. The molecule has 1 aliphatic carbocycles. The van der Waals surface area contributed by atoms with Crippen molar-refractivity contribution in [3.8, 4) is 11.5 Å². The Hall–Kier alpha value is -2.06. The zero-order valence-electron chi connectivity index (χ0n) is 13.4. The topological polar surface area (TPSA) is 47.6 Å². The van der Waals surface area contributed by atoms with Gasteiger partial charge < -0.3 is 14.8 Å². The van der Waals surface area contributed by atoms with Gasteiger partial charge in [0.25, 0.3) is 5.91 Å². The molecule has 2 atom stereocenters. The number of alkyl halides is 5. The van der Waals surface area contributed by atoms with Gasteiger partial charge in [0.1, 0.15) is 0 Å². The van der Waals surface area contributed by atoms with Gasteiger partial charge in [-0.1, -0.05) is 12.8 Å². The molecule has 1 N–H and O–H groups in total. The van der Waals surface area contributed by atoms with Gasteiger partial charge in [-0.3, -0.25) is 4.79 Å². The van der Waals surface area contributed by atoms with Crippen molar-refractivity contribution < 1.29 is 36.2 Å². The number of rotatable bonds is 5. The van der Waals surface area contributed by atoms with E-state index in [-0.39, 0.29) is 29.9 Å². The van der Waals surface area contributed by atoms with E-state index in [1.54, 1.807) is 0 Å². The second-order valence-electron chi connectivity index (χ2n) is 5.76. The van der Waals surface area contributed by atoms with Crippen LogP contribution in [0.1, 0.15) is 36.0 Å². The van der Waals surface area contributed by atoms with E-state index in [4.69, 9.17) is 4.74 Å². The molecule has 1 amide bonds. The molecule has 1 fully saturated rings. The first kappa shape index (κ1) is 19.3. The minimum absolute atomic E-state index is 0.00460. The average Bonchev–Trinajstić information content (AvgIpc) is 2.54. The second-order valence-corrected chi connectivity index (χ2v) is 5.76. The molecule has 4 nitrogen and oxygen atoms in total. The van der Waals surface area contributed by atoms with Crippen LogP contribution in [0.5, 0.6) is 11.5 Å². The van der Waals surface area contributed by atoms with Crippen LogP contribution in [0.15, 0.2) is 18.2 Å². The lowest BCUT2D eigenvalue weighted by atomic mass is 9.84. The third-order valence-corrected chi connectivity index (χ3v) is 4.14. The molecular formula is C16H18F5NO3. The molecule has 0 aromatic heterocycles. The van der Waals surface area contributed by atoms with Crippen molar-refractivity contribution in [2.45, 2.75) is 44.5 Å². The fourth-order valence-electron chi connectivity index (χ4n) is 2.95. The fraction of sp³-hybridized carbons (Fsp3) is 0.562. The predicted octanol–water partition coefficient (Wildman–Crippen LogP) is 4.15. The van der Waals surface area contributed by atoms with E-state index in [0.29, 0.717) is 12.8 Å². The highest BCUT2D eigenvalue weighted by Gasteiger charge is 2.46. The molecule has 0 saturated heterocycles. The molecule has 1 aromatic carbocycles. The molecule has 140 valence electrons. The summed E-state index contributed by atoms with van der Waals surface area (Å²) in [5, 5.41) is 2.40. The van der Waals surface area contributed by atoms with E-state index in [1.807, 2.05) is 0 Å². The average molecular weight is 367 g/mol. The van der Waals surface area contributed by atoms with E-state index in [2.05, 4.69) is 10.1 Å². The molecule has 0 bridgehead atoms. The third kappa shape index (κ3) is 4.96. The Bertz CT molecular complexity index is 606. The van der Waals surface area contributed by atoms with E-state index >= 15 is 0 Å². The van der Waals surface area contributed by atoms with Gasteiger partial charge in [-0.2, -0.15) is 22.0 Å². The van der Waals surface area contributed by atoms with Gasteiger partial charge in [0.05, 0.1) is 13.0 Å². The summed E-state index contributed by atoms with van der Waals surface area (Å²) in [7, 11) is 1.20. The standard InChI is InChI=1S/C16H18F5NO3/c1-24-13-8-9(6-7-12(13)25-15(17)18)14(23)22-11-5-3-2-4-10(11)16(19,20)21/h6-8,10-11,15H,2-5H2,1H3,(H,22,23)/t10-,11-/m1/s1. The van der Waals surface area contributed by atoms with Gasteiger partial charge in [0, 0.05) is 11.6 Å². The third-order valence-electron chi connectivity index (χ3n) is 4.14. The van der Waals surface area contributed by atoms with Crippen LogP contribution < -0.4 is 14.8 Å². The number of carbonyl (C=O) groups excluding carboxylic acids is 1. The van der Waals surface area contributed by atoms with Crippen LogP contribution in [0, 0.1) is 5.92 Å². The number of hydrogen-bond acceptors (Lipinski definition) is 3. The normalized spacial score (nSPS) is 21.1. The minimum atomic E-state index is -4.38. The molecule has 0 aliphatic heterocycles. The van der Waals surface area contributed by atoms with Crippen molar-refractivity contribution >= 4 is 5.91 Å². The SMILES string of the molecule is COc1cc(C(=O)N[C@@H]2CCCC[C@H]2C(F)(F)F)ccc1OC(F)F. The van der Waals surface area contributed by atoms with Crippen molar-refractivity contribution in [1.82, 2.24) is 5.32 Å². The molecule has 1 aliphatic rings. The van der Waals surface area contributed by atoms with Crippen LogP contribution in [0.4, 0.5) is 22.0 Å². The molecular weight excluding hydrogens is 349 g/mol. The second kappa shape index (κ2) is 7.88. The number of halogens is 5. The number of nitrogens with one attached hydrogen (secondary N) is 1. The summed E-state index contributed by atoms with van der Waals surface area (Å²) in [6.07, 6.45) is -3.12. The van der Waals surface area contributed by atoms with Gasteiger partial charge in [-0.15, -0.1) is 0 Å². The van der Waals surface area contributed by atoms with Gasteiger partial charge >= 0.3 is 12.8 Å². The lowest BCUT2D eigenvalue weighted by Crippen LogP contribution is -2.47. The van der Waals surface area contributed by atoms with Crippen LogP contribution in [0.2, 0.25) is 0 Å². The maximum atomic E-state index is 13.1.